The third-order valence-corrected chi connectivity index (χ3v) is 2.82. The van der Waals surface area contributed by atoms with Gasteiger partial charge in [-0.1, -0.05) is 34.1 Å². The van der Waals surface area contributed by atoms with E-state index in [0.29, 0.717) is 11.5 Å². The summed E-state index contributed by atoms with van der Waals surface area (Å²) in [7, 11) is 0. The largest absolute Gasteiger partial charge is 0.307 e. The SMILES string of the molecule is CCCNC(CCCC(C)(C)C)c1ncn[nH]1. The molecule has 1 heterocycles. The molecule has 0 aliphatic heterocycles. The second-order valence-electron chi connectivity index (χ2n) is 5.83. The molecule has 0 saturated heterocycles. The van der Waals surface area contributed by atoms with Crippen LogP contribution in [0.5, 0.6) is 0 Å². The van der Waals surface area contributed by atoms with Crippen molar-refractivity contribution < 1.29 is 0 Å². The molecule has 2 N–H and O–H groups in total. The molecule has 4 nitrogen and oxygen atoms in total. The van der Waals surface area contributed by atoms with E-state index in [1.54, 1.807) is 6.33 Å². The molecule has 1 rings (SSSR count). The van der Waals surface area contributed by atoms with Crippen LogP contribution in [-0.2, 0) is 0 Å². The van der Waals surface area contributed by atoms with Gasteiger partial charge in [-0.15, -0.1) is 0 Å². The van der Waals surface area contributed by atoms with Gasteiger partial charge in [0.25, 0.3) is 0 Å². The van der Waals surface area contributed by atoms with Crippen LogP contribution in [0.2, 0.25) is 0 Å². The van der Waals surface area contributed by atoms with Gasteiger partial charge in [0, 0.05) is 0 Å². The zero-order valence-electron chi connectivity index (χ0n) is 11.6. The van der Waals surface area contributed by atoms with Gasteiger partial charge in [-0.3, -0.25) is 5.10 Å². The van der Waals surface area contributed by atoms with Crippen LogP contribution in [-0.4, -0.2) is 21.7 Å². The Morgan fingerprint density at radius 1 is 1.41 bits per heavy atom. The Kier molecular flexibility index (Phi) is 5.62. The fraction of sp³-hybridized carbons (Fsp3) is 0.846. The highest BCUT2D eigenvalue weighted by Crippen LogP contribution is 2.24. The molecule has 1 aromatic heterocycles. The summed E-state index contributed by atoms with van der Waals surface area (Å²) in [5.41, 5.74) is 0.413. The standard InChI is InChI=1S/C13H26N4/c1-5-9-14-11(12-15-10-16-17-12)7-6-8-13(2,3)4/h10-11,14H,5-9H2,1-4H3,(H,15,16,17). The first-order chi connectivity index (χ1) is 8.03. The minimum absolute atomic E-state index is 0.319. The average molecular weight is 238 g/mol. The predicted molar refractivity (Wildman–Crippen MR) is 70.7 cm³/mol. The van der Waals surface area contributed by atoms with Crippen LogP contribution in [0.15, 0.2) is 6.33 Å². The molecule has 98 valence electrons. The van der Waals surface area contributed by atoms with Crippen molar-refractivity contribution in [1.82, 2.24) is 20.5 Å². The van der Waals surface area contributed by atoms with Gasteiger partial charge in [0.15, 0.2) is 0 Å². The monoisotopic (exact) mass is 238 g/mol. The minimum atomic E-state index is 0.319. The first-order valence-electron chi connectivity index (χ1n) is 6.61. The highest BCUT2D eigenvalue weighted by molar-refractivity contribution is 4.91. The lowest BCUT2D eigenvalue weighted by molar-refractivity contribution is 0.341. The van der Waals surface area contributed by atoms with E-state index >= 15 is 0 Å². The average Bonchev–Trinajstić information content (AvgIpc) is 2.74. The summed E-state index contributed by atoms with van der Waals surface area (Å²) < 4.78 is 0. The van der Waals surface area contributed by atoms with Crippen LogP contribution in [0.25, 0.3) is 0 Å². The highest BCUT2D eigenvalue weighted by atomic mass is 15.2. The first kappa shape index (κ1) is 14.2. The van der Waals surface area contributed by atoms with Crippen LogP contribution in [0, 0.1) is 5.41 Å². The number of aromatic nitrogens is 3. The minimum Gasteiger partial charge on any atom is -0.307 e. The van der Waals surface area contributed by atoms with Crippen molar-refractivity contribution in [2.24, 2.45) is 5.41 Å². The number of aromatic amines is 1. The lowest BCUT2D eigenvalue weighted by Crippen LogP contribution is -2.23. The van der Waals surface area contributed by atoms with Gasteiger partial charge in [0.05, 0.1) is 6.04 Å². The summed E-state index contributed by atoms with van der Waals surface area (Å²) in [5, 5.41) is 10.4. The lowest BCUT2D eigenvalue weighted by Gasteiger charge is -2.20. The predicted octanol–water partition coefficient (Wildman–Crippen LogP) is 3.06. The fourth-order valence-electron chi connectivity index (χ4n) is 1.87. The number of hydrogen-bond acceptors (Lipinski definition) is 3. The highest BCUT2D eigenvalue weighted by Gasteiger charge is 2.15. The van der Waals surface area contributed by atoms with Gasteiger partial charge in [0.2, 0.25) is 0 Å². The van der Waals surface area contributed by atoms with Gasteiger partial charge in [0.1, 0.15) is 12.2 Å². The molecule has 0 radical (unpaired) electrons. The molecule has 1 atom stereocenters. The third-order valence-electron chi connectivity index (χ3n) is 2.82. The Balaban J connectivity index is 2.42. The molecule has 1 unspecified atom stereocenters. The van der Waals surface area contributed by atoms with Crippen molar-refractivity contribution in [1.29, 1.82) is 0 Å². The van der Waals surface area contributed by atoms with E-state index < -0.39 is 0 Å². The van der Waals surface area contributed by atoms with Crippen molar-refractivity contribution in [3.8, 4) is 0 Å². The second kappa shape index (κ2) is 6.74. The van der Waals surface area contributed by atoms with E-state index in [1.165, 1.54) is 12.8 Å². The smallest absolute Gasteiger partial charge is 0.141 e. The van der Waals surface area contributed by atoms with Gasteiger partial charge >= 0.3 is 0 Å². The van der Waals surface area contributed by atoms with Crippen molar-refractivity contribution in [2.75, 3.05) is 6.54 Å². The van der Waals surface area contributed by atoms with Crippen LogP contribution in [0.4, 0.5) is 0 Å². The van der Waals surface area contributed by atoms with Gasteiger partial charge < -0.3 is 5.32 Å². The molecule has 0 aliphatic rings. The van der Waals surface area contributed by atoms with E-state index in [-0.39, 0.29) is 0 Å². The van der Waals surface area contributed by atoms with Crippen molar-refractivity contribution >= 4 is 0 Å². The quantitative estimate of drug-likeness (QED) is 0.767. The third kappa shape index (κ3) is 5.82. The summed E-state index contributed by atoms with van der Waals surface area (Å²) in [6, 6.07) is 0.319. The molecule has 17 heavy (non-hydrogen) atoms. The maximum atomic E-state index is 4.26. The molecule has 4 heteroatoms. The normalized spacial score (nSPS) is 13.9. The molecule has 0 amide bonds. The van der Waals surface area contributed by atoms with Crippen molar-refractivity contribution in [3.63, 3.8) is 0 Å². The van der Waals surface area contributed by atoms with E-state index in [4.69, 9.17) is 0 Å². The Labute approximate surface area is 105 Å². The van der Waals surface area contributed by atoms with Crippen molar-refractivity contribution in [2.45, 2.75) is 59.4 Å². The van der Waals surface area contributed by atoms with Crippen LogP contribution >= 0.6 is 0 Å². The van der Waals surface area contributed by atoms with Crippen LogP contribution < -0.4 is 5.32 Å². The fourth-order valence-corrected chi connectivity index (χ4v) is 1.87. The van der Waals surface area contributed by atoms with E-state index in [1.807, 2.05) is 0 Å². The molecule has 0 saturated carbocycles. The van der Waals surface area contributed by atoms with E-state index in [2.05, 4.69) is 48.2 Å². The molecule has 0 aliphatic carbocycles. The first-order valence-corrected chi connectivity index (χ1v) is 6.61. The Bertz CT molecular complexity index is 287. The Morgan fingerprint density at radius 3 is 2.71 bits per heavy atom. The topological polar surface area (TPSA) is 53.6 Å². The molecule has 0 bridgehead atoms. The maximum Gasteiger partial charge on any atom is 0.141 e. The van der Waals surface area contributed by atoms with E-state index in [9.17, 15) is 0 Å². The van der Waals surface area contributed by atoms with Crippen molar-refractivity contribution in [3.05, 3.63) is 12.2 Å². The van der Waals surface area contributed by atoms with Gasteiger partial charge in [-0.2, -0.15) is 5.10 Å². The Morgan fingerprint density at radius 2 is 2.18 bits per heavy atom. The summed E-state index contributed by atoms with van der Waals surface area (Å²) in [6.07, 6.45) is 6.30. The molecule has 1 aromatic rings. The van der Waals surface area contributed by atoms with E-state index in [0.717, 1.165) is 25.2 Å². The molecular weight excluding hydrogens is 212 g/mol. The zero-order chi connectivity index (χ0) is 12.7. The maximum absolute atomic E-state index is 4.26. The summed E-state index contributed by atoms with van der Waals surface area (Å²) >= 11 is 0. The summed E-state index contributed by atoms with van der Waals surface area (Å²) in [4.78, 5) is 4.26. The zero-order valence-corrected chi connectivity index (χ0v) is 11.6. The second-order valence-corrected chi connectivity index (χ2v) is 5.83. The molecule has 0 spiro atoms. The summed E-state index contributed by atoms with van der Waals surface area (Å²) in [6.45, 7) is 10.1. The summed E-state index contributed by atoms with van der Waals surface area (Å²) in [5.74, 6) is 0.965. The number of nitrogens with zero attached hydrogens (tertiary/aromatic N) is 2. The lowest BCUT2D eigenvalue weighted by atomic mass is 9.89. The number of H-pyrrole nitrogens is 1. The van der Waals surface area contributed by atoms with Crippen LogP contribution in [0.3, 0.4) is 0 Å². The molecule has 0 fully saturated rings. The Hall–Kier alpha value is -0.900. The van der Waals surface area contributed by atoms with Gasteiger partial charge in [-0.05, 0) is 31.2 Å². The number of nitrogens with one attached hydrogen (secondary N) is 2. The molecule has 0 aromatic carbocycles. The van der Waals surface area contributed by atoms with Gasteiger partial charge in [-0.25, -0.2) is 4.98 Å². The number of hydrogen-bond donors (Lipinski definition) is 2. The van der Waals surface area contributed by atoms with Crippen LogP contribution in [0.1, 0.15) is 65.2 Å². The number of rotatable bonds is 7. The molecular formula is C13H26N4.